The smallest absolute Gasteiger partial charge is 0.454 e. The summed E-state index contributed by atoms with van der Waals surface area (Å²) in [5.41, 5.74) is 8.78. The Labute approximate surface area is 742 Å². The van der Waals surface area contributed by atoms with Crippen molar-refractivity contribution in [2.24, 2.45) is 0 Å². The van der Waals surface area contributed by atoms with Gasteiger partial charge in [-0.1, -0.05) is 86.6 Å². The van der Waals surface area contributed by atoms with Crippen molar-refractivity contribution < 1.29 is 94.6 Å². The number of amides is 5. The molecule has 8 heterocycles. The number of rotatable bonds is 18. The zero-order valence-electron chi connectivity index (χ0n) is 73.8. The van der Waals surface area contributed by atoms with Crippen LogP contribution in [-0.4, -0.2) is 113 Å². The van der Waals surface area contributed by atoms with Crippen molar-refractivity contribution in [1.29, 1.82) is 0 Å². The largest absolute Gasteiger partial charge is 0.586 e. The molecule has 12 aromatic rings. The molecule has 5 amide bonds. The monoisotopic (exact) mass is 1760 g/mol. The van der Waals surface area contributed by atoms with E-state index in [2.05, 4.69) is 114 Å². The molecule has 9 aliphatic rings. The number of aromatic nitrogens is 4. The summed E-state index contributed by atoms with van der Waals surface area (Å²) in [4.78, 5) is 76.3. The fraction of sp³-hybridized carbons (Fsp3) is 0.390. The van der Waals surface area contributed by atoms with Crippen LogP contribution in [0, 0.1) is 17.5 Å². The van der Waals surface area contributed by atoms with Crippen molar-refractivity contribution in [1.82, 2.24) is 24.0 Å². The molecule has 0 unspecified atom stereocenters. The summed E-state index contributed by atoms with van der Waals surface area (Å²) in [5.74, 6) is 1.97. The highest BCUT2D eigenvalue weighted by Gasteiger charge is 2.57. The van der Waals surface area contributed by atoms with Crippen molar-refractivity contribution >= 4 is 95.9 Å². The highest BCUT2D eigenvalue weighted by Crippen LogP contribution is 2.57. The van der Waals surface area contributed by atoms with Crippen LogP contribution in [0.5, 0.6) is 46.0 Å². The van der Waals surface area contributed by atoms with Crippen molar-refractivity contribution in [3.05, 3.63) is 214 Å². The predicted molar refractivity (Wildman–Crippen MR) is 485 cm³/mol. The number of anilines is 4. The molecule has 0 spiro atoms. The molecule has 4 aliphatic heterocycles. The number of halogens is 5. The fourth-order valence-corrected chi connectivity index (χ4v) is 17.8. The number of hydrogen-bond donors (Lipinski definition) is 6. The van der Waals surface area contributed by atoms with Crippen LogP contribution >= 0.6 is 0 Å². The number of aliphatic hydroxyl groups is 1. The predicted octanol–water partition coefficient (Wildman–Crippen LogP) is 21.0. The molecule has 0 bridgehead atoms. The molecule has 28 heteroatoms. The van der Waals surface area contributed by atoms with E-state index >= 15 is 8.78 Å². The normalized spacial score (nSPS) is 17.2. The van der Waals surface area contributed by atoms with Crippen LogP contribution < -0.4 is 58.7 Å². The zero-order chi connectivity index (χ0) is 90.4. The molecule has 21 rings (SSSR count). The molecule has 128 heavy (non-hydrogen) atoms. The Hall–Kier alpha value is -12.7. The Morgan fingerprint density at radius 2 is 0.906 bits per heavy atom. The number of ether oxygens (including phenoxy) is 8. The van der Waals surface area contributed by atoms with E-state index < -0.39 is 51.3 Å². The van der Waals surface area contributed by atoms with E-state index in [-0.39, 0.29) is 114 Å². The Morgan fingerprint density at radius 3 is 1.37 bits per heavy atom. The van der Waals surface area contributed by atoms with Gasteiger partial charge in [-0.3, -0.25) is 24.0 Å². The molecule has 5 saturated carbocycles. The van der Waals surface area contributed by atoms with E-state index in [0.717, 1.165) is 122 Å². The Balaban J connectivity index is 0.000000140. The number of fused-ring (bicyclic) bond motifs is 8. The van der Waals surface area contributed by atoms with Crippen LogP contribution in [0.2, 0.25) is 0 Å². The number of hydrogen-bond acceptors (Lipinski definition) is 14. The lowest BCUT2D eigenvalue weighted by Gasteiger charge is -2.28. The van der Waals surface area contributed by atoms with E-state index in [9.17, 15) is 42.3 Å². The van der Waals surface area contributed by atoms with Crippen molar-refractivity contribution in [2.75, 3.05) is 68.5 Å². The summed E-state index contributed by atoms with van der Waals surface area (Å²) in [7, 11) is 3.42. The number of benzene rings is 8. The van der Waals surface area contributed by atoms with Crippen LogP contribution in [0.1, 0.15) is 203 Å². The van der Waals surface area contributed by atoms with Crippen molar-refractivity contribution in [3.8, 4) is 46.0 Å². The molecule has 4 aromatic heterocycles. The van der Waals surface area contributed by atoms with Crippen molar-refractivity contribution in [2.45, 2.75) is 203 Å². The molecule has 0 saturated heterocycles. The highest BCUT2D eigenvalue weighted by atomic mass is 19.3. The maximum absolute atomic E-state index is 15.2. The van der Waals surface area contributed by atoms with Crippen LogP contribution in [0.15, 0.2) is 152 Å². The zero-order valence-corrected chi connectivity index (χ0v) is 73.8. The van der Waals surface area contributed by atoms with E-state index in [1.807, 2.05) is 104 Å². The second-order valence-corrected chi connectivity index (χ2v) is 38.7. The van der Waals surface area contributed by atoms with Gasteiger partial charge < -0.3 is 87.9 Å². The second-order valence-electron chi connectivity index (χ2n) is 38.7. The SMILES string of the molecule is CC(C)(C)c1cc2cc(NC(=O)C3(c4ccc5c(c4)OC(F)(F)O5)CC3)c(F)cc2n1CCO.CC(C)n1c(C(C)(C)C)cc2cc(NC(=O)C3(c4ccc5c(c4)OCO5)CC3)c(F)cc21.CN(C)C(=O)CN(C(=O)C1(c2ccc3c(c2)OCO3)CC1)c1ccc2[nH]c(C(C)(C)C)cc2c1.O=C(Nc1cc2cc(C3CC3)[nH]c2cc1F)C1(c2ccc3c(c2)OCO3)CC1.[HH].[HH].[HH].[HH]. The number of aromatic amines is 2. The first kappa shape index (κ1) is 86.0. The maximum atomic E-state index is 15.2. The van der Waals surface area contributed by atoms with Crippen LogP contribution in [-0.2, 0) is 68.4 Å². The third kappa shape index (κ3) is 16.3. The van der Waals surface area contributed by atoms with Gasteiger partial charge in [0, 0.05) is 128 Å². The molecule has 0 radical (unpaired) electrons. The van der Waals surface area contributed by atoms with Gasteiger partial charge in [0.2, 0.25) is 49.9 Å². The number of aliphatic hydroxyl groups excluding tert-OH is 1. The van der Waals surface area contributed by atoms with Crippen LogP contribution in [0.4, 0.5) is 44.7 Å². The molecule has 8 aromatic carbocycles. The first-order chi connectivity index (χ1) is 60.7. The van der Waals surface area contributed by atoms with Crippen molar-refractivity contribution in [3.63, 3.8) is 0 Å². The molecule has 6 N–H and O–H groups in total. The summed E-state index contributed by atoms with van der Waals surface area (Å²) in [6, 6.07) is 45.0. The van der Waals surface area contributed by atoms with Gasteiger partial charge in [0.25, 0.3) is 0 Å². The Kier molecular flexibility index (Phi) is 21.3. The average molecular weight is 1760 g/mol. The number of carbonyl (C=O) groups is 5. The number of nitrogens with zero attached hydrogens (tertiary/aromatic N) is 4. The summed E-state index contributed by atoms with van der Waals surface area (Å²) in [6.45, 7) is 24.1. The summed E-state index contributed by atoms with van der Waals surface area (Å²) >= 11 is 0. The second kappa shape index (κ2) is 31.6. The minimum absolute atomic E-state index is 0. The highest BCUT2D eigenvalue weighted by molar-refractivity contribution is 6.08. The van der Waals surface area contributed by atoms with Gasteiger partial charge in [-0.15, -0.1) is 8.78 Å². The minimum Gasteiger partial charge on any atom is -0.454 e. The molecule has 5 aliphatic carbocycles. The number of carbonyl (C=O) groups excluding carboxylic acids is 5. The number of H-pyrrole nitrogens is 2. The van der Waals surface area contributed by atoms with E-state index in [1.165, 1.54) is 42.0 Å². The van der Waals surface area contributed by atoms with Gasteiger partial charge >= 0.3 is 6.29 Å². The third-order valence-electron chi connectivity index (χ3n) is 26.0. The van der Waals surface area contributed by atoms with Gasteiger partial charge in [0.05, 0.1) is 56.4 Å². The van der Waals surface area contributed by atoms with E-state index in [0.29, 0.717) is 70.9 Å². The van der Waals surface area contributed by atoms with E-state index in [1.54, 1.807) is 49.3 Å². The molecule has 676 valence electrons. The van der Waals surface area contributed by atoms with Gasteiger partial charge in [0.15, 0.2) is 46.0 Å². The lowest BCUT2D eigenvalue weighted by molar-refractivity contribution is -0.286. The molecular weight excluding hydrogens is 1650 g/mol. The van der Waals surface area contributed by atoms with Gasteiger partial charge in [-0.2, -0.15) is 0 Å². The van der Waals surface area contributed by atoms with Gasteiger partial charge in [0.1, 0.15) is 24.0 Å². The fourth-order valence-electron chi connectivity index (χ4n) is 17.8. The summed E-state index contributed by atoms with van der Waals surface area (Å²) in [6.07, 6.45) is 4.00. The lowest BCUT2D eigenvalue weighted by Crippen LogP contribution is -2.45. The summed E-state index contributed by atoms with van der Waals surface area (Å²) in [5, 5.41) is 21.5. The van der Waals surface area contributed by atoms with Gasteiger partial charge in [-0.05, 0) is 215 Å². The number of nitrogens with one attached hydrogen (secondary N) is 5. The number of likely N-dealkylation sites (N-methyl/N-ethyl adjacent to an activating group) is 1. The quantitative estimate of drug-likeness (QED) is 0.0437. The maximum Gasteiger partial charge on any atom is 0.586 e. The van der Waals surface area contributed by atoms with E-state index in [4.69, 9.17) is 28.4 Å². The van der Waals surface area contributed by atoms with Gasteiger partial charge in [-0.25, -0.2) is 13.2 Å². The third-order valence-corrected chi connectivity index (χ3v) is 26.0. The summed E-state index contributed by atoms with van der Waals surface area (Å²) < 4.78 is 117. The Bertz CT molecular complexity index is 6520. The lowest BCUT2D eigenvalue weighted by atomic mass is 9.91. The Morgan fingerprint density at radius 1 is 0.477 bits per heavy atom. The molecule has 23 nitrogen and oxygen atoms in total. The molecule has 5 fully saturated rings. The first-order valence-corrected chi connectivity index (χ1v) is 43.6. The average Bonchev–Trinajstić information content (AvgIpc) is 1.61. The minimum atomic E-state index is -3.74. The molecular formula is C100H112F5N9O14. The standard InChI is InChI=1S/C27H31N3O4.C26H29FN2O3.C25H25F3N2O4.C22H19FN2O3.4H2/c1-26(2,3)23-13-17-12-19(7-8-20(17)28-23)30(15-24(31)29(4)5)25(32)27(10-11-27)18-6-9-21-22(14-18)34-16-33-21;1-15(2)29-20-13-18(27)19(10-16(20)11-23(29)25(3,4)5)28-24(30)26(8-9-26)17-6-7-21-22(12-17)32-14-31-21;1-23(2,3)21-11-14-10-17(16(26)13-18(14)30(21)8-9-31)29-22(32)24(6-7-24)15-4-5-19-20(12-15)34-25(27,28)33-19;23-15-10-17-13(7-16(24-17)12-1-2-12)8-18(15)25-21(26)22(5-6-22)14-3-4-19-20(9-14)28-11-27-19;;;;/h6-9,12-14,28H,10-11,15-16H2,1-5H3;6-7,10-13,15H,8-9,14H2,1-5H3,(H,28,30);4-5,10-13,31H,6-9H2,1-3H3,(H,29,32);3-4,7-10,12,24H,1-2,5-6,11H2,(H,25,26);4*1H. The topological polar surface area (TPSA) is 263 Å². The molecule has 0 atom stereocenters. The first-order valence-electron chi connectivity index (χ1n) is 43.6. The van der Waals surface area contributed by atoms with Crippen LogP contribution in [0.3, 0.4) is 0 Å². The number of alkyl halides is 2. The van der Waals surface area contributed by atoms with Crippen LogP contribution in [0.25, 0.3) is 43.6 Å².